The van der Waals surface area contributed by atoms with Crippen LogP contribution in [0.3, 0.4) is 0 Å². The summed E-state index contributed by atoms with van der Waals surface area (Å²) in [5, 5.41) is 12.0. The summed E-state index contributed by atoms with van der Waals surface area (Å²) in [6, 6.07) is 41.6. The quantitative estimate of drug-likeness (QED) is 0.181. The fourth-order valence-electron chi connectivity index (χ4n) is 10.7. The average molecular weight is 925 g/mol. The number of phenols is 1. The van der Waals surface area contributed by atoms with E-state index in [1.165, 1.54) is 33.4 Å². The number of para-hydroxylation sites is 2. The third kappa shape index (κ3) is 8.43. The highest BCUT2D eigenvalue weighted by Gasteiger charge is 2.41. The Morgan fingerprint density at radius 3 is 1.26 bits per heavy atom. The topological polar surface area (TPSA) is 70.7 Å². The number of nitrogens with zero attached hydrogens (tertiary/aromatic N) is 4. The molecular weight excluding hydrogens is 853 g/mol. The molecule has 0 saturated heterocycles. The van der Waals surface area contributed by atoms with Crippen molar-refractivity contribution >= 4 is 22.8 Å². The van der Waals surface area contributed by atoms with E-state index in [4.69, 9.17) is 20.0 Å². The molecule has 0 fully saturated rings. The van der Waals surface area contributed by atoms with Crippen LogP contribution in [0.2, 0.25) is 0 Å². The van der Waals surface area contributed by atoms with Gasteiger partial charge < -0.3 is 5.11 Å². The largest absolute Gasteiger partial charge is 0.507 e. The van der Waals surface area contributed by atoms with Gasteiger partial charge in [0.25, 0.3) is 0 Å². The summed E-state index contributed by atoms with van der Waals surface area (Å²) in [5.41, 5.74) is 21.4. The third-order valence-electron chi connectivity index (χ3n) is 15.0. The molecular formula is C65H72N4O. The summed E-state index contributed by atoms with van der Waals surface area (Å²) in [6.07, 6.45) is 1.67. The van der Waals surface area contributed by atoms with Crippen LogP contribution >= 0.6 is 0 Å². The first-order valence-corrected chi connectivity index (χ1v) is 25.1. The minimum Gasteiger partial charge on any atom is -0.507 e. The molecule has 358 valence electrons. The summed E-state index contributed by atoms with van der Waals surface area (Å²) in [6.45, 7) is 38.4. The van der Waals surface area contributed by atoms with Crippen molar-refractivity contribution in [1.82, 2.24) is 9.97 Å². The zero-order valence-electron chi connectivity index (χ0n) is 44.8. The van der Waals surface area contributed by atoms with E-state index >= 15 is 0 Å². The second-order valence-electron chi connectivity index (χ2n) is 25.1. The standard InChI is InChI=1S/C65H72N4O/c1-38-47(32-43(60(2,3)4)34-51(38)62(8,9)10)58-64(14,15)49-28-20-26-45(55(49)68-58)39-22-18-24-41(30-39)53-36-54(67-37-66-53)42-25-19-23-40(31-42)46-27-21-29-50-56(46)69-59(65(50,16)17)48-33-44(61(5,6)7)35-52(57(48)70)63(11,12)13/h18-37,70H,1-17H3. The first-order chi connectivity index (χ1) is 32.6. The fraction of sp³-hybridized carbons (Fsp3) is 0.354. The van der Waals surface area contributed by atoms with Crippen LogP contribution in [0.4, 0.5) is 11.4 Å². The summed E-state index contributed by atoms with van der Waals surface area (Å²) < 4.78 is 0. The molecule has 0 saturated carbocycles. The molecule has 5 nitrogen and oxygen atoms in total. The predicted octanol–water partition coefficient (Wildman–Crippen LogP) is 17.2. The van der Waals surface area contributed by atoms with Crippen molar-refractivity contribution in [3.63, 3.8) is 0 Å². The van der Waals surface area contributed by atoms with Gasteiger partial charge in [0.2, 0.25) is 0 Å². The molecule has 0 unspecified atom stereocenters. The summed E-state index contributed by atoms with van der Waals surface area (Å²) in [5.74, 6) is 0.315. The van der Waals surface area contributed by atoms with Gasteiger partial charge in [-0.15, -0.1) is 0 Å². The number of fused-ring (bicyclic) bond motifs is 2. The Balaban J connectivity index is 1.08. The monoisotopic (exact) mass is 925 g/mol. The Bertz CT molecular complexity index is 3100. The second-order valence-corrected chi connectivity index (χ2v) is 25.1. The predicted molar refractivity (Wildman–Crippen MR) is 296 cm³/mol. The lowest BCUT2D eigenvalue weighted by molar-refractivity contribution is 0.443. The molecule has 0 aliphatic carbocycles. The SMILES string of the molecule is Cc1c(C2=Nc3c(-c4cccc(-c5cc(-c6cccc(-c7cccc8c7N=C(c7cc(C(C)(C)C)cc(C(C)(C)C)c7O)C8(C)C)c6)ncn5)c4)cccc3C2(C)C)cc(C(C)(C)C)cc1C(C)(C)C. The molecule has 1 aromatic heterocycles. The van der Waals surface area contributed by atoms with Crippen LogP contribution in [0, 0.1) is 6.92 Å². The minimum atomic E-state index is -0.444. The maximum Gasteiger partial charge on any atom is 0.128 e. The number of rotatable bonds is 6. The van der Waals surface area contributed by atoms with Crippen molar-refractivity contribution in [2.24, 2.45) is 9.98 Å². The summed E-state index contributed by atoms with van der Waals surface area (Å²) in [7, 11) is 0. The average Bonchev–Trinajstić information content (AvgIpc) is 3.72. The van der Waals surface area contributed by atoms with Gasteiger partial charge >= 0.3 is 0 Å². The molecule has 5 heteroatoms. The lowest BCUT2D eigenvalue weighted by Gasteiger charge is -2.31. The molecule has 2 aliphatic heterocycles. The van der Waals surface area contributed by atoms with E-state index in [1.54, 1.807) is 6.33 Å². The number of phenolic OH excluding ortho intramolecular Hbond substituents is 1. The van der Waals surface area contributed by atoms with Crippen LogP contribution in [0.5, 0.6) is 5.75 Å². The van der Waals surface area contributed by atoms with Crippen molar-refractivity contribution < 1.29 is 5.11 Å². The number of aliphatic imine (C=N–C) groups is 2. The Morgan fingerprint density at radius 1 is 0.414 bits per heavy atom. The van der Waals surface area contributed by atoms with Crippen LogP contribution in [0.25, 0.3) is 44.8 Å². The zero-order valence-corrected chi connectivity index (χ0v) is 44.8. The van der Waals surface area contributed by atoms with Gasteiger partial charge in [0.1, 0.15) is 12.1 Å². The first kappa shape index (κ1) is 48.6. The summed E-state index contributed by atoms with van der Waals surface area (Å²) >= 11 is 0. The van der Waals surface area contributed by atoms with Crippen LogP contribution in [-0.4, -0.2) is 26.5 Å². The van der Waals surface area contributed by atoms with Crippen LogP contribution < -0.4 is 0 Å². The zero-order chi connectivity index (χ0) is 50.7. The van der Waals surface area contributed by atoms with Gasteiger partial charge in [-0.05, 0) is 103 Å². The maximum absolute atomic E-state index is 12.0. The molecule has 3 heterocycles. The van der Waals surface area contributed by atoms with Gasteiger partial charge in [0, 0.05) is 49.8 Å². The van der Waals surface area contributed by atoms with Gasteiger partial charge in [0.15, 0.2) is 0 Å². The van der Waals surface area contributed by atoms with E-state index in [9.17, 15) is 5.11 Å². The van der Waals surface area contributed by atoms with Gasteiger partial charge in [-0.1, -0.05) is 196 Å². The van der Waals surface area contributed by atoms with Gasteiger partial charge in [-0.3, -0.25) is 9.98 Å². The normalized spacial score (nSPS) is 15.4. The highest BCUT2D eigenvalue weighted by molar-refractivity contribution is 6.16. The van der Waals surface area contributed by atoms with E-state index in [0.29, 0.717) is 5.75 Å². The van der Waals surface area contributed by atoms with Crippen molar-refractivity contribution in [2.75, 3.05) is 0 Å². The molecule has 1 N–H and O–H groups in total. The Hall–Kier alpha value is -6.46. The van der Waals surface area contributed by atoms with E-state index in [-0.39, 0.29) is 27.1 Å². The van der Waals surface area contributed by atoms with E-state index in [0.717, 1.165) is 84.3 Å². The fourth-order valence-corrected chi connectivity index (χ4v) is 10.7. The Kier molecular flexibility index (Phi) is 11.5. The van der Waals surface area contributed by atoms with E-state index in [1.807, 2.05) is 0 Å². The lowest BCUT2D eigenvalue weighted by Crippen LogP contribution is -2.29. The summed E-state index contributed by atoms with van der Waals surface area (Å²) in [4.78, 5) is 20.7. The first-order valence-electron chi connectivity index (χ1n) is 25.1. The molecule has 0 atom stereocenters. The molecule has 6 aromatic carbocycles. The minimum absolute atomic E-state index is 0.00371. The molecule has 0 radical (unpaired) electrons. The molecule has 70 heavy (non-hydrogen) atoms. The van der Waals surface area contributed by atoms with Crippen molar-refractivity contribution in [3.05, 3.63) is 172 Å². The third-order valence-corrected chi connectivity index (χ3v) is 15.0. The van der Waals surface area contributed by atoms with Crippen molar-refractivity contribution in [3.8, 4) is 50.5 Å². The second kappa shape index (κ2) is 16.6. The van der Waals surface area contributed by atoms with Crippen LogP contribution in [-0.2, 0) is 32.5 Å². The van der Waals surface area contributed by atoms with Gasteiger partial charge in [-0.25, -0.2) is 9.97 Å². The van der Waals surface area contributed by atoms with Gasteiger partial charge in [-0.2, -0.15) is 0 Å². The number of hydrogen-bond acceptors (Lipinski definition) is 5. The molecule has 0 spiro atoms. The molecule has 0 amide bonds. The molecule has 0 bridgehead atoms. The van der Waals surface area contributed by atoms with Crippen molar-refractivity contribution in [1.29, 1.82) is 0 Å². The number of aromatic hydroxyl groups is 1. The Morgan fingerprint density at radius 2 is 0.814 bits per heavy atom. The molecule has 7 aromatic rings. The van der Waals surface area contributed by atoms with E-state index < -0.39 is 5.41 Å². The molecule has 2 aliphatic rings. The smallest absolute Gasteiger partial charge is 0.128 e. The highest BCUT2D eigenvalue weighted by atomic mass is 16.3. The van der Waals surface area contributed by atoms with Crippen LogP contribution in [0.1, 0.15) is 161 Å². The van der Waals surface area contributed by atoms with Crippen molar-refractivity contribution in [2.45, 2.75) is 150 Å². The molecule has 9 rings (SSSR count). The van der Waals surface area contributed by atoms with Gasteiger partial charge in [0.05, 0.1) is 34.2 Å². The number of benzene rings is 6. The number of aromatic nitrogens is 2. The highest BCUT2D eigenvalue weighted by Crippen LogP contribution is 2.51. The van der Waals surface area contributed by atoms with Crippen LogP contribution in [0.15, 0.2) is 132 Å². The number of hydrogen-bond donors (Lipinski definition) is 1. The lowest BCUT2D eigenvalue weighted by atomic mass is 9.72. The Labute approximate surface area is 418 Å². The van der Waals surface area contributed by atoms with E-state index in [2.05, 4.69) is 233 Å². The maximum atomic E-state index is 12.0.